The van der Waals surface area contributed by atoms with E-state index in [0.717, 1.165) is 5.69 Å². The van der Waals surface area contributed by atoms with Gasteiger partial charge >= 0.3 is 0 Å². The van der Waals surface area contributed by atoms with Crippen molar-refractivity contribution >= 4 is 39.1 Å². The lowest BCUT2D eigenvalue weighted by atomic mass is 9.96. The lowest BCUT2D eigenvalue weighted by molar-refractivity contribution is -0.136. The average molecular weight is 442 g/mol. The van der Waals surface area contributed by atoms with Gasteiger partial charge in [-0.15, -0.1) is 0 Å². The van der Waals surface area contributed by atoms with Gasteiger partial charge in [-0.2, -0.15) is 4.31 Å². The van der Waals surface area contributed by atoms with Crippen molar-refractivity contribution in [3.05, 3.63) is 58.3 Å². The van der Waals surface area contributed by atoms with E-state index in [1.807, 2.05) is 18.2 Å². The van der Waals surface area contributed by atoms with Crippen molar-refractivity contribution in [2.24, 2.45) is 5.92 Å². The van der Waals surface area contributed by atoms with Gasteiger partial charge in [0.05, 0.1) is 17.1 Å². The van der Waals surface area contributed by atoms with Gasteiger partial charge in [-0.05, 0) is 43.2 Å². The number of rotatable bonds is 5. The summed E-state index contributed by atoms with van der Waals surface area (Å²) in [7, 11) is -1.95. The Morgan fingerprint density at radius 3 is 2.39 bits per heavy atom. The molecule has 150 valence electrons. The average Bonchev–Trinajstić information content (AvgIpc) is 2.67. The molecule has 1 amide bonds. The van der Waals surface area contributed by atoms with Crippen LogP contribution in [0.1, 0.15) is 18.5 Å². The van der Waals surface area contributed by atoms with Crippen LogP contribution in [0.15, 0.2) is 47.5 Å². The topological polar surface area (TPSA) is 70.6 Å². The molecule has 0 spiro atoms. The number of hydrogen-bond acceptors (Lipinski definition) is 4. The predicted molar refractivity (Wildman–Crippen MR) is 109 cm³/mol. The van der Waals surface area contributed by atoms with Gasteiger partial charge < -0.3 is 4.90 Å². The molecule has 0 radical (unpaired) electrons. The normalized spacial score (nSPS) is 16.1. The fourth-order valence-electron chi connectivity index (χ4n) is 3.29. The number of carbonyl (C=O) groups is 1. The first-order chi connectivity index (χ1) is 13.3. The quantitative estimate of drug-likeness (QED) is 0.712. The van der Waals surface area contributed by atoms with Crippen LogP contribution in [0.25, 0.3) is 0 Å². The van der Waals surface area contributed by atoms with Crippen molar-refractivity contribution in [3.8, 4) is 0 Å². The number of amides is 1. The van der Waals surface area contributed by atoms with Crippen LogP contribution < -0.4 is 0 Å². The van der Waals surface area contributed by atoms with E-state index in [9.17, 15) is 13.2 Å². The van der Waals surface area contributed by atoms with Crippen LogP contribution in [0.5, 0.6) is 0 Å². The molecule has 3 rings (SSSR count). The molecular weight excluding hydrogens is 421 g/mol. The second-order valence-corrected chi connectivity index (χ2v) is 9.61. The fourth-order valence-corrected chi connectivity index (χ4v) is 5.49. The van der Waals surface area contributed by atoms with Gasteiger partial charge in [-0.3, -0.25) is 9.78 Å². The number of aromatic nitrogens is 1. The highest BCUT2D eigenvalue weighted by Gasteiger charge is 2.33. The lowest BCUT2D eigenvalue weighted by Crippen LogP contribution is -2.43. The minimum atomic E-state index is -3.70. The molecule has 0 saturated carbocycles. The first-order valence-electron chi connectivity index (χ1n) is 8.88. The van der Waals surface area contributed by atoms with Gasteiger partial charge in [0.15, 0.2) is 0 Å². The zero-order valence-corrected chi connectivity index (χ0v) is 17.7. The molecule has 0 unspecified atom stereocenters. The Morgan fingerprint density at radius 2 is 1.82 bits per heavy atom. The highest BCUT2D eigenvalue weighted by atomic mass is 35.5. The zero-order chi connectivity index (χ0) is 20.3. The van der Waals surface area contributed by atoms with E-state index in [-0.39, 0.29) is 39.9 Å². The number of carbonyl (C=O) groups excluding carboxylic acids is 1. The van der Waals surface area contributed by atoms with Crippen LogP contribution in [0, 0.1) is 5.92 Å². The molecule has 1 aromatic heterocycles. The Bertz CT molecular complexity index is 926. The summed E-state index contributed by atoms with van der Waals surface area (Å²) in [6, 6.07) is 9.85. The summed E-state index contributed by atoms with van der Waals surface area (Å²) in [5.41, 5.74) is 0.816. The number of hydrogen-bond donors (Lipinski definition) is 0. The summed E-state index contributed by atoms with van der Waals surface area (Å²) in [5.74, 6) is -0.198. The molecule has 0 N–H and O–H groups in total. The van der Waals surface area contributed by atoms with E-state index in [0.29, 0.717) is 19.4 Å². The standard InChI is InChI=1S/C19H21Cl2N3O3S/c1-23(13-17-4-2-3-7-22-17)19(25)14-5-8-24(9-6-14)28(26,27)18-11-15(20)10-16(21)12-18/h2-4,7,10-12,14H,5-6,8-9,13H2,1H3. The molecule has 9 heteroatoms. The molecule has 0 bridgehead atoms. The third-order valence-electron chi connectivity index (χ3n) is 4.78. The highest BCUT2D eigenvalue weighted by molar-refractivity contribution is 7.89. The van der Waals surface area contributed by atoms with Gasteiger partial charge in [-0.25, -0.2) is 8.42 Å². The molecule has 1 aromatic carbocycles. The summed E-state index contributed by atoms with van der Waals surface area (Å²) in [6.07, 6.45) is 2.64. The van der Waals surface area contributed by atoms with E-state index in [2.05, 4.69) is 4.98 Å². The maximum Gasteiger partial charge on any atom is 0.243 e. The molecule has 1 saturated heterocycles. The van der Waals surface area contributed by atoms with Crippen molar-refractivity contribution < 1.29 is 13.2 Å². The van der Waals surface area contributed by atoms with E-state index in [1.165, 1.54) is 22.5 Å². The Labute approximate surface area is 175 Å². The number of benzene rings is 1. The fraction of sp³-hybridized carbons (Fsp3) is 0.368. The maximum atomic E-state index is 12.8. The first-order valence-corrected chi connectivity index (χ1v) is 11.1. The Balaban J connectivity index is 1.62. The SMILES string of the molecule is CN(Cc1ccccn1)C(=O)C1CCN(S(=O)(=O)c2cc(Cl)cc(Cl)c2)CC1. The molecule has 2 aromatic rings. The molecule has 0 aliphatic carbocycles. The summed E-state index contributed by atoms with van der Waals surface area (Å²) in [4.78, 5) is 18.7. The van der Waals surface area contributed by atoms with Crippen molar-refractivity contribution in [1.29, 1.82) is 0 Å². The number of sulfonamides is 1. The zero-order valence-electron chi connectivity index (χ0n) is 15.4. The molecule has 0 atom stereocenters. The van der Waals surface area contributed by atoms with Crippen molar-refractivity contribution in [2.45, 2.75) is 24.3 Å². The smallest absolute Gasteiger partial charge is 0.243 e. The van der Waals surface area contributed by atoms with Crippen molar-refractivity contribution in [1.82, 2.24) is 14.2 Å². The lowest BCUT2D eigenvalue weighted by Gasteiger charge is -2.32. The van der Waals surface area contributed by atoms with E-state index >= 15 is 0 Å². The Kier molecular flexibility index (Phi) is 6.60. The van der Waals surface area contributed by atoms with Crippen molar-refractivity contribution in [3.63, 3.8) is 0 Å². The van der Waals surface area contributed by atoms with Crippen LogP contribution in [-0.2, 0) is 21.4 Å². The molecule has 1 aliphatic rings. The van der Waals surface area contributed by atoms with Crippen LogP contribution >= 0.6 is 23.2 Å². The minimum absolute atomic E-state index is 0.00787. The molecule has 6 nitrogen and oxygen atoms in total. The summed E-state index contributed by atoms with van der Waals surface area (Å²) >= 11 is 11.9. The van der Waals surface area contributed by atoms with Crippen LogP contribution in [0.4, 0.5) is 0 Å². The number of pyridine rings is 1. The van der Waals surface area contributed by atoms with Gasteiger partial charge in [-0.1, -0.05) is 29.3 Å². The van der Waals surface area contributed by atoms with Gasteiger partial charge in [0.2, 0.25) is 15.9 Å². The summed E-state index contributed by atoms with van der Waals surface area (Å²) < 4.78 is 27.1. The van der Waals surface area contributed by atoms with Crippen molar-refractivity contribution in [2.75, 3.05) is 20.1 Å². The molecular formula is C19H21Cl2N3O3S. The minimum Gasteiger partial charge on any atom is -0.340 e. The highest BCUT2D eigenvalue weighted by Crippen LogP contribution is 2.28. The molecule has 1 aliphatic heterocycles. The van der Waals surface area contributed by atoms with E-state index in [1.54, 1.807) is 18.1 Å². The monoisotopic (exact) mass is 441 g/mol. The van der Waals surface area contributed by atoms with Gasteiger partial charge in [0, 0.05) is 42.3 Å². The Hall–Kier alpha value is -1.67. The largest absolute Gasteiger partial charge is 0.340 e. The predicted octanol–water partition coefficient (Wildman–Crippen LogP) is 3.45. The molecule has 2 heterocycles. The Morgan fingerprint density at radius 1 is 1.18 bits per heavy atom. The maximum absolute atomic E-state index is 12.8. The van der Waals surface area contributed by atoms with Crippen LogP contribution in [0.3, 0.4) is 0 Å². The number of nitrogens with zero attached hydrogens (tertiary/aromatic N) is 3. The second kappa shape index (κ2) is 8.78. The third-order valence-corrected chi connectivity index (χ3v) is 7.09. The third kappa shape index (κ3) is 4.84. The van der Waals surface area contributed by atoms with E-state index < -0.39 is 10.0 Å². The van der Waals surface area contributed by atoms with E-state index in [4.69, 9.17) is 23.2 Å². The molecule has 28 heavy (non-hydrogen) atoms. The van der Waals surface area contributed by atoms with Gasteiger partial charge in [0.25, 0.3) is 0 Å². The van der Waals surface area contributed by atoms with Crippen LogP contribution in [0.2, 0.25) is 10.0 Å². The summed E-state index contributed by atoms with van der Waals surface area (Å²) in [5, 5.41) is 0.541. The first kappa shape index (κ1) is 21.0. The number of halogens is 2. The number of piperidine rings is 1. The molecule has 1 fully saturated rings. The van der Waals surface area contributed by atoms with Gasteiger partial charge in [0.1, 0.15) is 0 Å². The van der Waals surface area contributed by atoms with Crippen LogP contribution in [-0.4, -0.2) is 48.7 Å². The second-order valence-electron chi connectivity index (χ2n) is 6.80. The summed E-state index contributed by atoms with van der Waals surface area (Å²) in [6.45, 7) is 0.986.